The van der Waals surface area contributed by atoms with E-state index in [1.54, 1.807) is 0 Å². The van der Waals surface area contributed by atoms with Crippen LogP contribution in [0.1, 0.15) is 0 Å². The van der Waals surface area contributed by atoms with Crippen molar-refractivity contribution in [2.24, 2.45) is 0 Å². The van der Waals surface area contributed by atoms with Gasteiger partial charge in [-0.15, -0.1) is 0 Å². The number of hydrogen-bond donors (Lipinski definition) is 0. The molecule has 0 saturated carbocycles. The van der Waals surface area contributed by atoms with Crippen LogP contribution < -0.4 is 0 Å². The molecule has 0 aliphatic rings. The SMILES string of the molecule is c1ccc(-c2cccc(-n3c4ccccc4c4ccc(-c5nc(-c6ccc7c(c6)oc6ccccc67)nc(-c6cccc7c6oc6ccccc67)n5)cc43)c2)cc1. The first kappa shape index (κ1) is 31.5. The molecule has 0 fully saturated rings. The van der Waals surface area contributed by atoms with E-state index >= 15 is 0 Å². The Hall–Kier alpha value is -7.83. The lowest BCUT2D eigenvalue weighted by molar-refractivity contribution is 0.668. The van der Waals surface area contributed by atoms with Crippen LogP contribution in [0.5, 0.6) is 0 Å². The van der Waals surface area contributed by atoms with Gasteiger partial charge in [-0.05, 0) is 65.7 Å². The molecule has 0 aliphatic carbocycles. The second-order valence-corrected chi connectivity index (χ2v) is 14.4. The van der Waals surface area contributed by atoms with Gasteiger partial charge < -0.3 is 13.4 Å². The summed E-state index contributed by atoms with van der Waals surface area (Å²) in [6.45, 7) is 0. The van der Waals surface area contributed by atoms with Crippen LogP contribution in [0, 0.1) is 0 Å². The Balaban J connectivity index is 1.09. The van der Waals surface area contributed by atoms with Crippen LogP contribution >= 0.6 is 0 Å². The van der Waals surface area contributed by atoms with Crippen molar-refractivity contribution in [3.05, 3.63) is 182 Å². The molecule has 12 rings (SSSR count). The summed E-state index contributed by atoms with van der Waals surface area (Å²) < 4.78 is 15.2. The molecule has 0 N–H and O–H groups in total. The second-order valence-electron chi connectivity index (χ2n) is 14.4. The van der Waals surface area contributed by atoms with Gasteiger partial charge >= 0.3 is 0 Å². The minimum atomic E-state index is 0.528. The second kappa shape index (κ2) is 12.3. The molecule has 12 aromatic rings. The number of furan rings is 2. The lowest BCUT2D eigenvalue weighted by Gasteiger charge is -2.12. The average Bonchev–Trinajstić information content (AvgIpc) is 3.95. The lowest BCUT2D eigenvalue weighted by Crippen LogP contribution is -2.01. The number of nitrogens with zero attached hydrogens (tertiary/aromatic N) is 4. The van der Waals surface area contributed by atoms with Crippen LogP contribution in [0.15, 0.2) is 191 Å². The fraction of sp³-hybridized carbons (Fsp3) is 0. The molecule has 6 heteroatoms. The summed E-state index contributed by atoms with van der Waals surface area (Å²) >= 11 is 0. The van der Waals surface area contributed by atoms with E-state index in [1.165, 1.54) is 10.9 Å². The Morgan fingerprint density at radius 2 is 0.912 bits per heavy atom. The van der Waals surface area contributed by atoms with Crippen LogP contribution in [0.4, 0.5) is 0 Å². The third-order valence-corrected chi connectivity index (χ3v) is 11.1. The summed E-state index contributed by atoms with van der Waals surface area (Å²) in [5.41, 5.74) is 11.3. The summed E-state index contributed by atoms with van der Waals surface area (Å²) in [7, 11) is 0. The molecule has 0 unspecified atom stereocenters. The Kier molecular flexibility index (Phi) is 6.83. The van der Waals surface area contributed by atoms with Crippen LogP contribution in [-0.2, 0) is 0 Å². The molecule has 4 heterocycles. The standard InChI is InChI=1S/C51H30N4O2/c1-2-12-31(13-3-1)32-14-10-15-35(28-32)55-43-21-7-4-16-36(43)37-26-24-33(29-44(37)55)49-52-50(34-25-27-40-38-17-5-8-22-45(38)56-47(40)30-34)54-51(53-49)42-20-11-19-41-39-18-6-9-23-46(39)57-48(41)42/h1-30H. The summed E-state index contributed by atoms with van der Waals surface area (Å²) in [6, 6.07) is 62.9. The molecule has 6 nitrogen and oxygen atoms in total. The quantitative estimate of drug-likeness (QED) is 0.176. The zero-order valence-corrected chi connectivity index (χ0v) is 30.4. The maximum Gasteiger partial charge on any atom is 0.167 e. The smallest absolute Gasteiger partial charge is 0.167 e. The van der Waals surface area contributed by atoms with E-state index in [0.717, 1.165) is 88.2 Å². The van der Waals surface area contributed by atoms with Crippen molar-refractivity contribution in [2.45, 2.75) is 0 Å². The third-order valence-electron chi connectivity index (χ3n) is 11.1. The maximum absolute atomic E-state index is 6.50. The van der Waals surface area contributed by atoms with Crippen molar-refractivity contribution in [1.29, 1.82) is 0 Å². The highest BCUT2D eigenvalue weighted by Crippen LogP contribution is 2.39. The largest absolute Gasteiger partial charge is 0.456 e. The highest BCUT2D eigenvalue weighted by atomic mass is 16.3. The van der Waals surface area contributed by atoms with Gasteiger partial charge in [-0.2, -0.15) is 0 Å². The predicted molar refractivity (Wildman–Crippen MR) is 230 cm³/mol. The van der Waals surface area contributed by atoms with Gasteiger partial charge in [0.1, 0.15) is 22.3 Å². The number of fused-ring (bicyclic) bond motifs is 9. The summed E-state index contributed by atoms with van der Waals surface area (Å²) in [5, 5.41) is 6.51. The van der Waals surface area contributed by atoms with Gasteiger partial charge in [-0.3, -0.25) is 0 Å². The Labute approximate surface area is 325 Å². The lowest BCUT2D eigenvalue weighted by atomic mass is 10.1. The van der Waals surface area contributed by atoms with Crippen molar-refractivity contribution in [2.75, 3.05) is 0 Å². The van der Waals surface area contributed by atoms with Crippen LogP contribution in [-0.4, -0.2) is 19.5 Å². The van der Waals surface area contributed by atoms with Crippen LogP contribution in [0.2, 0.25) is 0 Å². The zero-order chi connectivity index (χ0) is 37.5. The van der Waals surface area contributed by atoms with Gasteiger partial charge in [0.05, 0.1) is 16.6 Å². The molecule has 0 spiro atoms. The minimum absolute atomic E-state index is 0.528. The molecule has 0 atom stereocenters. The van der Waals surface area contributed by atoms with E-state index in [1.807, 2.05) is 60.7 Å². The van der Waals surface area contributed by atoms with E-state index in [9.17, 15) is 0 Å². The van der Waals surface area contributed by atoms with E-state index < -0.39 is 0 Å². The summed E-state index contributed by atoms with van der Waals surface area (Å²) in [4.78, 5) is 15.6. The Morgan fingerprint density at radius 1 is 0.333 bits per heavy atom. The monoisotopic (exact) mass is 730 g/mol. The van der Waals surface area contributed by atoms with E-state index in [2.05, 4.69) is 126 Å². The fourth-order valence-corrected chi connectivity index (χ4v) is 8.39. The van der Waals surface area contributed by atoms with E-state index in [4.69, 9.17) is 23.8 Å². The number of rotatable bonds is 5. The van der Waals surface area contributed by atoms with Crippen LogP contribution in [0.3, 0.4) is 0 Å². The first-order valence-electron chi connectivity index (χ1n) is 19.0. The molecule has 4 aromatic heterocycles. The molecule has 0 saturated heterocycles. The Bertz CT molecular complexity index is 3540. The first-order chi connectivity index (χ1) is 28.2. The molecule has 0 bridgehead atoms. The van der Waals surface area contributed by atoms with Gasteiger partial charge in [-0.25, -0.2) is 15.0 Å². The van der Waals surface area contributed by atoms with Gasteiger partial charge in [0.15, 0.2) is 17.5 Å². The minimum Gasteiger partial charge on any atom is -0.456 e. The number of benzene rings is 8. The highest BCUT2D eigenvalue weighted by Gasteiger charge is 2.20. The first-order valence-corrected chi connectivity index (χ1v) is 19.0. The van der Waals surface area contributed by atoms with Crippen molar-refractivity contribution >= 4 is 65.7 Å². The van der Waals surface area contributed by atoms with Gasteiger partial charge in [-0.1, -0.05) is 127 Å². The molecule has 266 valence electrons. The molecule has 0 radical (unpaired) electrons. The maximum atomic E-state index is 6.50. The highest BCUT2D eigenvalue weighted by molar-refractivity contribution is 6.11. The molecule has 57 heavy (non-hydrogen) atoms. The zero-order valence-electron chi connectivity index (χ0n) is 30.4. The predicted octanol–water partition coefficient (Wildman–Crippen LogP) is 13.4. The van der Waals surface area contributed by atoms with Crippen molar-refractivity contribution in [3.8, 4) is 51.0 Å². The van der Waals surface area contributed by atoms with Crippen LogP contribution in [0.25, 0.3) is 117 Å². The average molecular weight is 731 g/mol. The summed E-state index contributed by atoms with van der Waals surface area (Å²) in [5.74, 6) is 1.63. The Morgan fingerprint density at radius 3 is 1.74 bits per heavy atom. The molecule has 8 aromatic carbocycles. The van der Waals surface area contributed by atoms with Gasteiger partial charge in [0, 0.05) is 49.1 Å². The van der Waals surface area contributed by atoms with E-state index in [-0.39, 0.29) is 0 Å². The molecule has 0 amide bonds. The molecular formula is C51H30N4O2. The van der Waals surface area contributed by atoms with Crippen molar-refractivity contribution in [1.82, 2.24) is 19.5 Å². The number of aromatic nitrogens is 4. The normalized spacial score (nSPS) is 11.9. The number of para-hydroxylation sites is 4. The third kappa shape index (κ3) is 5.01. The van der Waals surface area contributed by atoms with Gasteiger partial charge in [0.25, 0.3) is 0 Å². The topological polar surface area (TPSA) is 69.9 Å². The fourth-order valence-electron chi connectivity index (χ4n) is 8.39. The molecular weight excluding hydrogens is 701 g/mol. The summed E-state index contributed by atoms with van der Waals surface area (Å²) in [6.07, 6.45) is 0. The van der Waals surface area contributed by atoms with Crippen molar-refractivity contribution < 1.29 is 8.83 Å². The van der Waals surface area contributed by atoms with E-state index in [0.29, 0.717) is 17.5 Å². The number of hydrogen-bond acceptors (Lipinski definition) is 5. The molecule has 0 aliphatic heterocycles. The van der Waals surface area contributed by atoms with Crippen molar-refractivity contribution in [3.63, 3.8) is 0 Å². The van der Waals surface area contributed by atoms with Gasteiger partial charge in [0.2, 0.25) is 0 Å².